The van der Waals surface area contributed by atoms with Crippen LogP contribution in [0, 0.1) is 11.3 Å². The van der Waals surface area contributed by atoms with Gasteiger partial charge in [0.25, 0.3) is 0 Å². The highest BCUT2D eigenvalue weighted by Crippen LogP contribution is 2.29. The summed E-state index contributed by atoms with van der Waals surface area (Å²) in [5, 5.41) is 3.52. The van der Waals surface area contributed by atoms with Crippen LogP contribution in [0.2, 0.25) is 0 Å². The molecule has 0 aliphatic carbocycles. The quantitative estimate of drug-likeness (QED) is 0.641. The number of rotatable bonds is 6. The molecule has 0 aromatic carbocycles. The molecule has 14 heavy (non-hydrogen) atoms. The Labute approximate surface area is 90.0 Å². The van der Waals surface area contributed by atoms with Crippen molar-refractivity contribution in [3.8, 4) is 0 Å². The van der Waals surface area contributed by atoms with Gasteiger partial charge >= 0.3 is 0 Å². The second kappa shape index (κ2) is 6.23. The van der Waals surface area contributed by atoms with E-state index in [0.29, 0.717) is 11.5 Å². The molecule has 1 N–H and O–H groups in total. The van der Waals surface area contributed by atoms with Crippen molar-refractivity contribution in [1.82, 2.24) is 5.32 Å². The molecule has 0 spiro atoms. The fourth-order valence-electron chi connectivity index (χ4n) is 1.53. The minimum Gasteiger partial charge on any atom is -0.314 e. The fourth-order valence-corrected chi connectivity index (χ4v) is 1.53. The van der Waals surface area contributed by atoms with E-state index in [1.165, 1.54) is 6.42 Å². The smallest absolute Gasteiger partial charge is 0.0104 e. The van der Waals surface area contributed by atoms with Crippen LogP contribution < -0.4 is 5.32 Å². The van der Waals surface area contributed by atoms with Crippen LogP contribution >= 0.6 is 0 Å². The minimum atomic E-state index is 0.412. The zero-order valence-corrected chi connectivity index (χ0v) is 10.6. The first-order chi connectivity index (χ1) is 6.41. The van der Waals surface area contributed by atoms with Crippen LogP contribution in [-0.2, 0) is 0 Å². The lowest BCUT2D eigenvalue weighted by Gasteiger charge is -2.30. The Balaban J connectivity index is 4.07. The largest absolute Gasteiger partial charge is 0.314 e. The van der Waals surface area contributed by atoms with E-state index < -0.39 is 0 Å². The summed E-state index contributed by atoms with van der Waals surface area (Å²) in [6, 6.07) is 0.603. The second-order valence-electron chi connectivity index (χ2n) is 5.28. The van der Waals surface area contributed by atoms with Gasteiger partial charge in [-0.3, -0.25) is 0 Å². The van der Waals surface area contributed by atoms with Gasteiger partial charge in [-0.25, -0.2) is 0 Å². The average molecular weight is 197 g/mol. The molecule has 0 amide bonds. The zero-order valence-electron chi connectivity index (χ0n) is 10.6. The van der Waals surface area contributed by atoms with Crippen LogP contribution in [0.3, 0.4) is 0 Å². The van der Waals surface area contributed by atoms with Crippen LogP contribution in [0.5, 0.6) is 0 Å². The van der Waals surface area contributed by atoms with E-state index in [1.807, 2.05) is 6.08 Å². The van der Waals surface area contributed by atoms with Gasteiger partial charge in [0.05, 0.1) is 0 Å². The first kappa shape index (κ1) is 13.7. The van der Waals surface area contributed by atoms with Crippen molar-refractivity contribution in [1.29, 1.82) is 0 Å². The van der Waals surface area contributed by atoms with Crippen molar-refractivity contribution in [2.75, 3.05) is 6.54 Å². The van der Waals surface area contributed by atoms with Crippen molar-refractivity contribution in [2.24, 2.45) is 11.3 Å². The summed E-state index contributed by atoms with van der Waals surface area (Å²) in [4.78, 5) is 0. The molecule has 84 valence electrons. The van der Waals surface area contributed by atoms with Crippen LogP contribution in [-0.4, -0.2) is 12.6 Å². The molecule has 0 fully saturated rings. The molecule has 0 aromatic rings. The predicted octanol–water partition coefficient (Wildman–Crippen LogP) is 3.61. The van der Waals surface area contributed by atoms with E-state index in [1.54, 1.807) is 0 Å². The monoisotopic (exact) mass is 197 g/mol. The Morgan fingerprint density at radius 1 is 1.36 bits per heavy atom. The Bertz CT molecular complexity index is 155. The minimum absolute atomic E-state index is 0.412. The fraction of sp³-hybridized carbons (Fsp3) is 0.846. The van der Waals surface area contributed by atoms with Gasteiger partial charge < -0.3 is 5.32 Å². The topological polar surface area (TPSA) is 12.0 Å². The average Bonchev–Trinajstić information content (AvgIpc) is 2.03. The van der Waals surface area contributed by atoms with Crippen molar-refractivity contribution in [3.05, 3.63) is 12.7 Å². The Morgan fingerprint density at radius 2 is 1.93 bits per heavy atom. The van der Waals surface area contributed by atoms with Gasteiger partial charge in [0, 0.05) is 6.04 Å². The van der Waals surface area contributed by atoms with E-state index in [2.05, 4.69) is 46.5 Å². The first-order valence-electron chi connectivity index (χ1n) is 5.76. The third kappa shape index (κ3) is 5.43. The summed E-state index contributed by atoms with van der Waals surface area (Å²) in [6.45, 7) is 16.3. The van der Waals surface area contributed by atoms with E-state index >= 15 is 0 Å². The van der Waals surface area contributed by atoms with E-state index in [9.17, 15) is 0 Å². The summed E-state index contributed by atoms with van der Waals surface area (Å²) in [7, 11) is 0. The first-order valence-corrected chi connectivity index (χ1v) is 5.76. The third-order valence-corrected chi connectivity index (χ3v) is 3.06. The van der Waals surface area contributed by atoms with Gasteiger partial charge in [-0.05, 0) is 30.7 Å². The molecule has 2 atom stereocenters. The molecular weight excluding hydrogens is 170 g/mol. The van der Waals surface area contributed by atoms with Crippen LogP contribution in [0.25, 0.3) is 0 Å². The normalized spacial score (nSPS) is 16.4. The van der Waals surface area contributed by atoms with E-state index in [0.717, 1.165) is 18.9 Å². The SMILES string of the molecule is C=CCC(CC(C)C(C)(C)C)NCC. The van der Waals surface area contributed by atoms with Gasteiger partial charge in [-0.2, -0.15) is 0 Å². The molecule has 0 heterocycles. The maximum Gasteiger partial charge on any atom is 0.0104 e. The predicted molar refractivity (Wildman–Crippen MR) is 65.5 cm³/mol. The van der Waals surface area contributed by atoms with Gasteiger partial charge in [0.2, 0.25) is 0 Å². The highest BCUT2D eigenvalue weighted by Gasteiger charge is 2.22. The molecule has 2 unspecified atom stereocenters. The standard InChI is InChI=1S/C13H27N/c1-7-9-12(14-8-2)10-11(3)13(4,5)6/h7,11-12,14H,1,8-10H2,2-6H3. The van der Waals surface area contributed by atoms with Crippen molar-refractivity contribution in [3.63, 3.8) is 0 Å². The summed E-state index contributed by atoms with van der Waals surface area (Å²) in [5.41, 5.74) is 0.412. The van der Waals surface area contributed by atoms with Gasteiger partial charge in [0.1, 0.15) is 0 Å². The maximum absolute atomic E-state index is 3.81. The maximum atomic E-state index is 3.81. The lowest BCUT2D eigenvalue weighted by molar-refractivity contribution is 0.223. The van der Waals surface area contributed by atoms with Crippen LogP contribution in [0.4, 0.5) is 0 Å². The van der Waals surface area contributed by atoms with Crippen molar-refractivity contribution >= 4 is 0 Å². The lowest BCUT2D eigenvalue weighted by Crippen LogP contribution is -2.33. The Hall–Kier alpha value is -0.300. The molecule has 0 radical (unpaired) electrons. The lowest BCUT2D eigenvalue weighted by atomic mass is 9.78. The Morgan fingerprint density at radius 3 is 2.29 bits per heavy atom. The number of hydrogen-bond acceptors (Lipinski definition) is 1. The molecule has 1 nitrogen and oxygen atoms in total. The zero-order chi connectivity index (χ0) is 11.2. The molecule has 0 aromatic heterocycles. The number of nitrogens with one attached hydrogen (secondary N) is 1. The second-order valence-corrected chi connectivity index (χ2v) is 5.28. The summed E-state index contributed by atoms with van der Waals surface area (Å²) >= 11 is 0. The van der Waals surface area contributed by atoms with Crippen molar-refractivity contribution in [2.45, 2.75) is 53.5 Å². The van der Waals surface area contributed by atoms with E-state index in [-0.39, 0.29) is 0 Å². The number of hydrogen-bond donors (Lipinski definition) is 1. The molecule has 0 saturated heterocycles. The summed E-state index contributed by atoms with van der Waals surface area (Å²) in [6.07, 6.45) is 4.33. The van der Waals surface area contributed by atoms with Crippen LogP contribution in [0.1, 0.15) is 47.5 Å². The third-order valence-electron chi connectivity index (χ3n) is 3.06. The van der Waals surface area contributed by atoms with Gasteiger partial charge in [-0.1, -0.05) is 40.7 Å². The van der Waals surface area contributed by atoms with Crippen molar-refractivity contribution < 1.29 is 0 Å². The van der Waals surface area contributed by atoms with E-state index in [4.69, 9.17) is 0 Å². The highest BCUT2D eigenvalue weighted by atomic mass is 14.9. The van der Waals surface area contributed by atoms with Crippen LogP contribution in [0.15, 0.2) is 12.7 Å². The molecule has 0 saturated carbocycles. The summed E-state index contributed by atoms with van der Waals surface area (Å²) in [5.74, 6) is 0.742. The molecule has 0 bridgehead atoms. The summed E-state index contributed by atoms with van der Waals surface area (Å²) < 4.78 is 0. The molecule has 0 aliphatic rings. The molecular formula is C13H27N. The molecule has 0 rings (SSSR count). The molecule has 1 heteroatoms. The Kier molecular flexibility index (Phi) is 6.10. The van der Waals surface area contributed by atoms with Gasteiger partial charge in [-0.15, -0.1) is 6.58 Å². The molecule has 0 aliphatic heterocycles. The highest BCUT2D eigenvalue weighted by molar-refractivity contribution is 4.82. The van der Waals surface area contributed by atoms with Gasteiger partial charge in [0.15, 0.2) is 0 Å².